The third kappa shape index (κ3) is 3.01. The number of nitrogen functional groups attached to an aromatic ring is 1. The van der Waals surface area contributed by atoms with Crippen molar-refractivity contribution >= 4 is 16.8 Å². The SMILES string of the molecule is CC[C@H](C)c1ccc(-c2cc(C(=O)NN)c3ccccc3n2)cc1. The molecule has 0 spiro atoms. The van der Waals surface area contributed by atoms with Gasteiger partial charge in [-0.25, -0.2) is 10.8 Å². The van der Waals surface area contributed by atoms with Crippen molar-refractivity contribution in [1.29, 1.82) is 0 Å². The molecule has 4 nitrogen and oxygen atoms in total. The third-order valence-electron chi connectivity index (χ3n) is 4.48. The number of hydrogen-bond donors (Lipinski definition) is 2. The Balaban J connectivity index is 2.11. The van der Waals surface area contributed by atoms with Gasteiger partial charge in [-0.1, -0.05) is 56.3 Å². The Bertz CT molecular complexity index is 872. The molecule has 0 aliphatic carbocycles. The van der Waals surface area contributed by atoms with E-state index in [0.717, 1.165) is 28.6 Å². The standard InChI is InChI=1S/C20H21N3O/c1-3-13(2)14-8-10-15(11-9-14)19-12-17(20(24)23-21)16-6-4-5-7-18(16)22-19/h4-13H,3,21H2,1-2H3,(H,23,24)/t13-/m0/s1. The van der Waals surface area contributed by atoms with Gasteiger partial charge in [0.2, 0.25) is 0 Å². The van der Waals surface area contributed by atoms with Gasteiger partial charge in [-0.05, 0) is 30.0 Å². The maximum atomic E-state index is 12.1. The number of amides is 1. The summed E-state index contributed by atoms with van der Waals surface area (Å²) in [5.74, 6) is 5.55. The van der Waals surface area contributed by atoms with Crippen LogP contribution in [-0.4, -0.2) is 10.9 Å². The van der Waals surface area contributed by atoms with E-state index in [9.17, 15) is 4.79 Å². The molecule has 0 radical (unpaired) electrons. The molecule has 0 unspecified atom stereocenters. The minimum atomic E-state index is -0.314. The van der Waals surface area contributed by atoms with E-state index in [2.05, 4.69) is 43.5 Å². The van der Waals surface area contributed by atoms with Gasteiger partial charge in [0.25, 0.3) is 5.91 Å². The number of benzene rings is 2. The van der Waals surface area contributed by atoms with Crippen LogP contribution in [0.4, 0.5) is 0 Å². The molecule has 0 bridgehead atoms. The van der Waals surface area contributed by atoms with E-state index in [-0.39, 0.29) is 5.91 Å². The van der Waals surface area contributed by atoms with E-state index in [1.54, 1.807) is 6.07 Å². The normalized spacial score (nSPS) is 12.1. The number of aromatic nitrogens is 1. The van der Waals surface area contributed by atoms with Crippen LogP contribution in [0.1, 0.15) is 42.1 Å². The minimum Gasteiger partial charge on any atom is -0.290 e. The highest BCUT2D eigenvalue weighted by Gasteiger charge is 2.13. The van der Waals surface area contributed by atoms with Crippen molar-refractivity contribution in [2.45, 2.75) is 26.2 Å². The van der Waals surface area contributed by atoms with Crippen LogP contribution in [0.2, 0.25) is 0 Å². The van der Waals surface area contributed by atoms with Crippen LogP contribution in [0, 0.1) is 0 Å². The highest BCUT2D eigenvalue weighted by Crippen LogP contribution is 2.27. The Morgan fingerprint density at radius 1 is 1.17 bits per heavy atom. The lowest BCUT2D eigenvalue weighted by molar-refractivity contribution is 0.0955. The first-order chi connectivity index (χ1) is 11.6. The molecule has 1 atom stereocenters. The summed E-state index contributed by atoms with van der Waals surface area (Å²) in [5, 5.41) is 0.792. The number of nitrogens with two attached hydrogens (primary N) is 1. The number of nitrogens with zero attached hydrogens (tertiary/aromatic N) is 1. The summed E-state index contributed by atoms with van der Waals surface area (Å²) in [6.07, 6.45) is 1.11. The Hall–Kier alpha value is -2.72. The van der Waals surface area contributed by atoms with Crippen molar-refractivity contribution in [3.8, 4) is 11.3 Å². The molecule has 0 aliphatic rings. The van der Waals surface area contributed by atoms with Gasteiger partial charge in [0, 0.05) is 10.9 Å². The highest BCUT2D eigenvalue weighted by atomic mass is 16.2. The number of nitrogens with one attached hydrogen (secondary N) is 1. The molecule has 0 aliphatic heterocycles. The second-order valence-corrected chi connectivity index (χ2v) is 5.98. The van der Waals surface area contributed by atoms with Crippen LogP contribution in [0.15, 0.2) is 54.6 Å². The lowest BCUT2D eigenvalue weighted by Gasteiger charge is -2.11. The number of para-hydroxylation sites is 1. The molecule has 0 saturated heterocycles. The quantitative estimate of drug-likeness (QED) is 0.433. The zero-order valence-electron chi connectivity index (χ0n) is 13.9. The molecule has 1 heterocycles. The Morgan fingerprint density at radius 3 is 2.54 bits per heavy atom. The van der Waals surface area contributed by atoms with E-state index in [4.69, 9.17) is 10.8 Å². The fraction of sp³-hybridized carbons (Fsp3) is 0.200. The zero-order valence-corrected chi connectivity index (χ0v) is 13.9. The van der Waals surface area contributed by atoms with Crippen LogP contribution >= 0.6 is 0 Å². The summed E-state index contributed by atoms with van der Waals surface area (Å²) in [6, 6.07) is 17.7. The van der Waals surface area contributed by atoms with Crippen LogP contribution in [0.25, 0.3) is 22.2 Å². The van der Waals surface area contributed by atoms with E-state index < -0.39 is 0 Å². The van der Waals surface area contributed by atoms with Gasteiger partial charge in [0.15, 0.2) is 0 Å². The summed E-state index contributed by atoms with van der Waals surface area (Å²) in [6.45, 7) is 4.40. The van der Waals surface area contributed by atoms with Crippen molar-refractivity contribution in [3.63, 3.8) is 0 Å². The summed E-state index contributed by atoms with van der Waals surface area (Å²) >= 11 is 0. The van der Waals surface area contributed by atoms with Crippen molar-refractivity contribution in [1.82, 2.24) is 10.4 Å². The Kier molecular flexibility index (Phi) is 4.58. The van der Waals surface area contributed by atoms with Crippen molar-refractivity contribution < 1.29 is 4.79 Å². The number of fused-ring (bicyclic) bond motifs is 1. The van der Waals surface area contributed by atoms with Crippen LogP contribution in [-0.2, 0) is 0 Å². The van der Waals surface area contributed by atoms with Crippen molar-refractivity contribution in [2.75, 3.05) is 0 Å². The first kappa shape index (κ1) is 16.1. The molecule has 1 amide bonds. The smallest absolute Gasteiger partial charge is 0.265 e. The van der Waals surface area contributed by atoms with Gasteiger partial charge in [0.05, 0.1) is 16.8 Å². The average molecular weight is 319 g/mol. The number of hydrazine groups is 1. The number of rotatable bonds is 4. The third-order valence-corrected chi connectivity index (χ3v) is 4.48. The molecule has 0 fully saturated rings. The second kappa shape index (κ2) is 6.81. The van der Waals surface area contributed by atoms with Gasteiger partial charge >= 0.3 is 0 Å². The summed E-state index contributed by atoms with van der Waals surface area (Å²) in [5.41, 5.74) is 6.59. The fourth-order valence-corrected chi connectivity index (χ4v) is 2.81. The Labute approximate surface area is 141 Å². The van der Waals surface area contributed by atoms with E-state index >= 15 is 0 Å². The van der Waals surface area contributed by atoms with Gasteiger partial charge in [-0.3, -0.25) is 10.2 Å². The topological polar surface area (TPSA) is 68.0 Å². The molecule has 1 aromatic heterocycles. The summed E-state index contributed by atoms with van der Waals surface area (Å²) < 4.78 is 0. The summed E-state index contributed by atoms with van der Waals surface area (Å²) in [7, 11) is 0. The van der Waals surface area contributed by atoms with E-state index in [1.165, 1.54) is 5.56 Å². The molecule has 3 N–H and O–H groups in total. The molecular formula is C20H21N3O. The van der Waals surface area contributed by atoms with E-state index in [0.29, 0.717) is 11.5 Å². The first-order valence-electron chi connectivity index (χ1n) is 8.15. The lowest BCUT2D eigenvalue weighted by atomic mass is 9.96. The molecule has 0 saturated carbocycles. The van der Waals surface area contributed by atoms with Crippen molar-refractivity contribution in [3.05, 3.63) is 65.7 Å². The predicted octanol–water partition coefficient (Wildman–Crippen LogP) is 4.02. The molecule has 3 aromatic rings. The van der Waals surface area contributed by atoms with Gasteiger partial charge in [-0.2, -0.15) is 0 Å². The maximum absolute atomic E-state index is 12.1. The molecule has 122 valence electrons. The number of carbonyl (C=O) groups excluding carboxylic acids is 1. The fourth-order valence-electron chi connectivity index (χ4n) is 2.81. The van der Waals surface area contributed by atoms with Crippen LogP contribution in [0.5, 0.6) is 0 Å². The van der Waals surface area contributed by atoms with Crippen molar-refractivity contribution in [2.24, 2.45) is 5.84 Å². The minimum absolute atomic E-state index is 0.314. The highest BCUT2D eigenvalue weighted by molar-refractivity contribution is 6.06. The number of carbonyl (C=O) groups is 1. The lowest BCUT2D eigenvalue weighted by Crippen LogP contribution is -2.30. The Morgan fingerprint density at radius 2 is 1.88 bits per heavy atom. The molecule has 4 heteroatoms. The molecular weight excluding hydrogens is 298 g/mol. The molecule has 3 rings (SSSR count). The van der Waals surface area contributed by atoms with Crippen LogP contribution in [0.3, 0.4) is 0 Å². The first-order valence-corrected chi connectivity index (χ1v) is 8.15. The maximum Gasteiger partial charge on any atom is 0.265 e. The number of hydrogen-bond acceptors (Lipinski definition) is 3. The van der Waals surface area contributed by atoms with E-state index in [1.807, 2.05) is 24.3 Å². The number of pyridine rings is 1. The average Bonchev–Trinajstić information content (AvgIpc) is 2.66. The second-order valence-electron chi connectivity index (χ2n) is 5.98. The zero-order chi connectivity index (χ0) is 17.1. The predicted molar refractivity (Wildman–Crippen MR) is 97.5 cm³/mol. The van der Waals surface area contributed by atoms with Gasteiger partial charge in [0.1, 0.15) is 0 Å². The van der Waals surface area contributed by atoms with Gasteiger partial charge in [-0.15, -0.1) is 0 Å². The van der Waals surface area contributed by atoms with Crippen LogP contribution < -0.4 is 11.3 Å². The summed E-state index contributed by atoms with van der Waals surface area (Å²) in [4.78, 5) is 16.8. The van der Waals surface area contributed by atoms with Gasteiger partial charge < -0.3 is 0 Å². The molecule has 24 heavy (non-hydrogen) atoms. The molecule has 2 aromatic carbocycles. The monoisotopic (exact) mass is 319 g/mol. The largest absolute Gasteiger partial charge is 0.290 e.